The number of nitrogen functional groups attached to an aromatic ring is 1. The van der Waals surface area contributed by atoms with Crippen LogP contribution in [0.5, 0.6) is 0 Å². The first-order valence-electron chi connectivity index (χ1n) is 8.58. The predicted molar refractivity (Wildman–Crippen MR) is 103 cm³/mol. The number of hydrogen-bond donors (Lipinski definition) is 2. The van der Waals surface area contributed by atoms with Gasteiger partial charge in [0.05, 0.1) is 0 Å². The van der Waals surface area contributed by atoms with Crippen LogP contribution in [0.1, 0.15) is 19.8 Å². The first-order chi connectivity index (χ1) is 12.3. The molecule has 1 aromatic heterocycles. The molecule has 0 amide bonds. The van der Waals surface area contributed by atoms with Gasteiger partial charge in [-0.25, -0.2) is 4.39 Å². The maximum atomic E-state index is 13.9. The first-order valence-corrected chi connectivity index (χ1v) is 9.40. The molecule has 0 radical (unpaired) electrons. The fraction of sp³-hybridized carbons (Fsp3) is 0.444. The van der Waals surface area contributed by atoms with Crippen LogP contribution in [-0.4, -0.2) is 29.2 Å². The van der Waals surface area contributed by atoms with Crippen molar-refractivity contribution in [2.75, 3.05) is 30.3 Å². The molecule has 1 aromatic carbocycles. The average molecular weight is 377 g/mol. The summed E-state index contributed by atoms with van der Waals surface area (Å²) >= 11 is 1.01. The molecule has 26 heavy (non-hydrogen) atoms. The SMILES string of the molecule is Cn1c(N2CCC(C)(CN)CC2)nc(N)c(Sc2ccccc2F)c1=O. The molecule has 3 rings (SSSR count). The van der Waals surface area contributed by atoms with E-state index in [0.717, 1.165) is 37.7 Å². The van der Waals surface area contributed by atoms with Gasteiger partial charge < -0.3 is 16.4 Å². The summed E-state index contributed by atoms with van der Waals surface area (Å²) < 4.78 is 15.4. The smallest absolute Gasteiger partial charge is 0.270 e. The van der Waals surface area contributed by atoms with Crippen molar-refractivity contribution in [2.24, 2.45) is 18.2 Å². The number of rotatable bonds is 4. The van der Waals surface area contributed by atoms with Crippen LogP contribution < -0.4 is 21.9 Å². The number of hydrogen-bond acceptors (Lipinski definition) is 6. The van der Waals surface area contributed by atoms with Crippen molar-refractivity contribution in [3.05, 3.63) is 40.4 Å². The Morgan fingerprint density at radius 2 is 1.96 bits per heavy atom. The molecular weight excluding hydrogens is 353 g/mol. The quantitative estimate of drug-likeness (QED) is 0.849. The predicted octanol–water partition coefficient (Wildman–Crippen LogP) is 2.22. The lowest BCUT2D eigenvalue weighted by molar-refractivity contribution is 0.256. The van der Waals surface area contributed by atoms with E-state index in [2.05, 4.69) is 16.8 Å². The normalized spacial score (nSPS) is 16.7. The van der Waals surface area contributed by atoms with E-state index in [0.29, 0.717) is 17.4 Å². The third kappa shape index (κ3) is 3.57. The molecule has 8 heteroatoms. The molecule has 1 saturated heterocycles. The number of anilines is 2. The van der Waals surface area contributed by atoms with Gasteiger partial charge >= 0.3 is 0 Å². The first kappa shape index (κ1) is 18.7. The molecule has 0 saturated carbocycles. The minimum absolute atomic E-state index is 0.127. The summed E-state index contributed by atoms with van der Waals surface area (Å²) in [5.41, 5.74) is 11.8. The second-order valence-electron chi connectivity index (χ2n) is 7.02. The lowest BCUT2D eigenvalue weighted by Crippen LogP contribution is -2.44. The summed E-state index contributed by atoms with van der Waals surface area (Å²) in [6, 6.07) is 6.29. The Balaban J connectivity index is 1.90. The van der Waals surface area contributed by atoms with E-state index >= 15 is 0 Å². The van der Waals surface area contributed by atoms with Crippen LogP contribution >= 0.6 is 11.8 Å². The van der Waals surface area contributed by atoms with Crippen LogP contribution in [0.4, 0.5) is 16.2 Å². The van der Waals surface area contributed by atoms with E-state index in [1.54, 1.807) is 25.2 Å². The molecule has 0 bridgehead atoms. The fourth-order valence-corrected chi connectivity index (χ4v) is 3.96. The molecule has 4 N–H and O–H groups in total. The van der Waals surface area contributed by atoms with Gasteiger partial charge in [0, 0.05) is 25.0 Å². The number of piperidine rings is 1. The number of nitrogens with two attached hydrogens (primary N) is 2. The van der Waals surface area contributed by atoms with Gasteiger partial charge in [0.25, 0.3) is 5.56 Å². The maximum Gasteiger partial charge on any atom is 0.270 e. The minimum Gasteiger partial charge on any atom is -0.382 e. The zero-order valence-electron chi connectivity index (χ0n) is 15.0. The molecule has 0 atom stereocenters. The fourth-order valence-electron chi connectivity index (χ4n) is 3.05. The highest BCUT2D eigenvalue weighted by Gasteiger charge is 2.30. The second-order valence-corrected chi connectivity index (χ2v) is 8.08. The van der Waals surface area contributed by atoms with Crippen molar-refractivity contribution in [1.82, 2.24) is 9.55 Å². The molecule has 1 aliphatic rings. The van der Waals surface area contributed by atoms with Gasteiger partial charge in [-0.1, -0.05) is 30.8 Å². The molecule has 2 aromatic rings. The van der Waals surface area contributed by atoms with Crippen LogP contribution in [0.25, 0.3) is 0 Å². The molecular formula is C18H24FN5OS. The van der Waals surface area contributed by atoms with Gasteiger partial charge in [0.1, 0.15) is 16.5 Å². The zero-order valence-corrected chi connectivity index (χ0v) is 15.9. The zero-order chi connectivity index (χ0) is 18.9. The lowest BCUT2D eigenvalue weighted by atomic mass is 9.81. The second kappa shape index (κ2) is 7.28. The van der Waals surface area contributed by atoms with E-state index in [-0.39, 0.29) is 27.5 Å². The van der Waals surface area contributed by atoms with Crippen molar-refractivity contribution in [2.45, 2.75) is 29.6 Å². The summed E-state index contributed by atoms with van der Waals surface area (Å²) in [6.45, 7) is 4.37. The Hall–Kier alpha value is -2.06. The van der Waals surface area contributed by atoms with E-state index in [9.17, 15) is 9.18 Å². The molecule has 1 fully saturated rings. The van der Waals surface area contributed by atoms with Crippen LogP contribution in [0.15, 0.2) is 38.9 Å². The standard InChI is InChI=1S/C18H24FN5OS/c1-18(11-20)7-9-24(10-8-18)17-22-15(21)14(16(25)23(17)2)26-13-6-4-3-5-12(13)19/h3-6H,7-11,20-21H2,1-2H3. The molecule has 0 aliphatic carbocycles. The minimum atomic E-state index is -0.389. The molecule has 6 nitrogen and oxygen atoms in total. The Morgan fingerprint density at radius 1 is 1.31 bits per heavy atom. The van der Waals surface area contributed by atoms with Crippen LogP contribution in [0.3, 0.4) is 0 Å². The largest absolute Gasteiger partial charge is 0.382 e. The lowest BCUT2D eigenvalue weighted by Gasteiger charge is -2.39. The summed E-state index contributed by atoms with van der Waals surface area (Å²) in [5.74, 6) is 0.285. The van der Waals surface area contributed by atoms with Crippen molar-refractivity contribution < 1.29 is 4.39 Å². The Labute approximate surface area is 156 Å². The highest BCUT2D eigenvalue weighted by molar-refractivity contribution is 7.99. The van der Waals surface area contributed by atoms with Crippen molar-refractivity contribution in [3.63, 3.8) is 0 Å². The molecule has 2 heterocycles. The average Bonchev–Trinajstić information content (AvgIpc) is 2.64. The highest BCUT2D eigenvalue weighted by atomic mass is 32.2. The highest BCUT2D eigenvalue weighted by Crippen LogP contribution is 2.33. The van der Waals surface area contributed by atoms with Gasteiger partial charge in [-0.2, -0.15) is 4.98 Å². The monoisotopic (exact) mass is 377 g/mol. The van der Waals surface area contributed by atoms with Crippen molar-refractivity contribution in [3.8, 4) is 0 Å². The van der Waals surface area contributed by atoms with Crippen LogP contribution in [0.2, 0.25) is 0 Å². The number of halogens is 1. The van der Waals surface area contributed by atoms with Gasteiger partial charge in [-0.15, -0.1) is 0 Å². The summed E-state index contributed by atoms with van der Waals surface area (Å²) in [6.07, 6.45) is 1.87. The summed E-state index contributed by atoms with van der Waals surface area (Å²) in [4.78, 5) is 19.9. The molecule has 140 valence electrons. The van der Waals surface area contributed by atoms with E-state index in [1.165, 1.54) is 10.6 Å². The Bertz CT molecular complexity index is 861. The van der Waals surface area contributed by atoms with Crippen molar-refractivity contribution in [1.29, 1.82) is 0 Å². The maximum absolute atomic E-state index is 13.9. The van der Waals surface area contributed by atoms with E-state index in [1.807, 2.05) is 0 Å². The number of benzene rings is 1. The van der Waals surface area contributed by atoms with Crippen molar-refractivity contribution >= 4 is 23.5 Å². The Kier molecular flexibility index (Phi) is 5.24. The molecule has 0 spiro atoms. The van der Waals surface area contributed by atoms with Gasteiger partial charge in [0.2, 0.25) is 5.95 Å². The topological polar surface area (TPSA) is 90.2 Å². The van der Waals surface area contributed by atoms with E-state index < -0.39 is 0 Å². The van der Waals surface area contributed by atoms with Crippen LogP contribution in [0, 0.1) is 11.2 Å². The van der Waals surface area contributed by atoms with Gasteiger partial charge in [-0.3, -0.25) is 9.36 Å². The third-order valence-corrected chi connectivity index (χ3v) is 6.19. The number of aromatic nitrogens is 2. The van der Waals surface area contributed by atoms with Gasteiger partial charge in [0.15, 0.2) is 0 Å². The van der Waals surface area contributed by atoms with E-state index in [4.69, 9.17) is 11.5 Å². The molecule has 1 aliphatic heterocycles. The Morgan fingerprint density at radius 3 is 2.58 bits per heavy atom. The third-order valence-electron chi connectivity index (χ3n) is 5.05. The van der Waals surface area contributed by atoms with Crippen LogP contribution in [-0.2, 0) is 7.05 Å². The summed E-state index contributed by atoms with van der Waals surface area (Å²) in [7, 11) is 1.67. The number of nitrogens with zero attached hydrogens (tertiary/aromatic N) is 3. The molecule has 0 unspecified atom stereocenters. The van der Waals surface area contributed by atoms with Gasteiger partial charge in [-0.05, 0) is 36.9 Å². The summed E-state index contributed by atoms with van der Waals surface area (Å²) in [5, 5.41) is 0.